The number of allylic oxidation sites excluding steroid dienone is 6. The summed E-state index contributed by atoms with van der Waals surface area (Å²) in [5.41, 5.74) is 0.318. The third-order valence-electron chi connectivity index (χ3n) is 5.95. The Balaban J connectivity index is 1.77. The molecule has 0 fully saturated rings. The molecule has 0 radical (unpaired) electrons. The molecule has 0 spiro atoms. The normalized spacial score (nSPS) is 17.2. The summed E-state index contributed by atoms with van der Waals surface area (Å²) in [6.45, 7) is 0. The molecule has 1 aliphatic carbocycles. The lowest BCUT2D eigenvalue weighted by Gasteiger charge is -2.33. The van der Waals surface area contributed by atoms with Crippen molar-refractivity contribution in [1.29, 1.82) is 0 Å². The van der Waals surface area contributed by atoms with Gasteiger partial charge >= 0.3 is 0 Å². The Hall–Kier alpha value is 1.95. The van der Waals surface area contributed by atoms with Crippen LogP contribution in [0.3, 0.4) is 0 Å². The zero-order valence-electron chi connectivity index (χ0n) is 20.8. The molecule has 18 heteroatoms. The zero-order chi connectivity index (χ0) is 33.1. The highest BCUT2D eigenvalue weighted by atomic mass is 35.5. The molecule has 0 unspecified atom stereocenters. The first-order chi connectivity index (χ1) is 21.2. The van der Waals surface area contributed by atoms with E-state index in [0.717, 1.165) is 4.91 Å². The summed E-state index contributed by atoms with van der Waals surface area (Å²) in [6, 6.07) is 0. The lowest BCUT2D eigenvalue weighted by atomic mass is 9.89. The van der Waals surface area contributed by atoms with Gasteiger partial charge in [-0.05, 0) is 53.4 Å². The third kappa shape index (κ3) is 7.21. The molecule has 0 saturated carbocycles. The van der Waals surface area contributed by atoms with E-state index in [4.69, 9.17) is 162 Å². The first kappa shape index (κ1) is 38.2. The minimum atomic E-state index is -0.148. The number of thioether (sulfide) groups is 4. The Bertz CT molecular complexity index is 1800. The van der Waals surface area contributed by atoms with Crippen molar-refractivity contribution < 1.29 is 0 Å². The highest BCUT2D eigenvalue weighted by Gasteiger charge is 2.32. The van der Waals surface area contributed by atoms with Gasteiger partial charge in [0.15, 0.2) is 0 Å². The minimum absolute atomic E-state index is 0.00263. The number of halogens is 14. The van der Waals surface area contributed by atoms with Crippen LogP contribution < -0.4 is 0 Å². The number of rotatable bonds is 4. The molecule has 0 nitrogen and oxygen atoms in total. The van der Waals surface area contributed by atoms with Gasteiger partial charge in [-0.3, -0.25) is 0 Å². The van der Waals surface area contributed by atoms with E-state index in [0.29, 0.717) is 5.56 Å². The number of hydrogen-bond acceptors (Lipinski definition) is 4. The van der Waals surface area contributed by atoms with Crippen molar-refractivity contribution in [3.63, 3.8) is 0 Å². The molecule has 0 aromatic heterocycles. The summed E-state index contributed by atoms with van der Waals surface area (Å²) in [5.74, 6) is 0. The third-order valence-corrected chi connectivity index (χ3v) is 17.2. The average Bonchev–Trinajstić information content (AvgIpc) is 3.73. The second-order valence-electron chi connectivity index (χ2n) is 8.47. The molecule has 0 saturated heterocycles. The summed E-state index contributed by atoms with van der Waals surface area (Å²) < 4.78 is 2.37. The van der Waals surface area contributed by atoms with Gasteiger partial charge in [0.05, 0.1) is 53.7 Å². The lowest BCUT2D eigenvalue weighted by Crippen LogP contribution is -2.08. The molecule has 0 N–H and O–H groups in total. The highest BCUT2D eigenvalue weighted by molar-refractivity contribution is 8.33. The summed E-state index contributed by atoms with van der Waals surface area (Å²) in [5, 5.41) is 4.68. The maximum atomic E-state index is 6.98. The predicted molar refractivity (Wildman–Crippen MR) is 214 cm³/mol. The molecule has 2 aliphatic heterocycles. The Labute approximate surface area is 345 Å². The van der Waals surface area contributed by atoms with Crippen LogP contribution in [-0.4, -0.2) is 0 Å². The summed E-state index contributed by atoms with van der Waals surface area (Å²) in [7, 11) is 0. The van der Waals surface area contributed by atoms with Crippen molar-refractivity contribution >= 4 is 221 Å². The number of hydrogen-bond donors (Lipinski definition) is 0. The van der Waals surface area contributed by atoms with E-state index in [2.05, 4.69) is 0 Å². The standard InChI is InChI=1S/C27H5Cl14S4/c28-12-7(2-1-6-5-44-27(45-6)26-42-3-4-43-26)13(29)15(31)9(14(12)30)8(10-16(32)20(36)24(40)21(37)17(10)33)11-18(34)22(38)25(41)23(39)19(11)35/h1-5H/q-1/b2-1+. The zero-order valence-corrected chi connectivity index (χ0v) is 34.7. The van der Waals surface area contributed by atoms with E-state index >= 15 is 0 Å². The maximum absolute atomic E-state index is 6.98. The van der Waals surface area contributed by atoms with Crippen molar-refractivity contribution in [3.05, 3.63) is 129 Å². The Morgan fingerprint density at radius 3 is 1.47 bits per heavy atom. The quantitative estimate of drug-likeness (QED) is 0.170. The van der Waals surface area contributed by atoms with Crippen molar-refractivity contribution in [2.75, 3.05) is 0 Å². The molecule has 2 aromatic carbocycles. The highest BCUT2D eigenvalue weighted by Crippen LogP contribution is 2.58. The predicted octanol–water partition coefficient (Wildman–Crippen LogP) is 17.9. The first-order valence-electron chi connectivity index (χ1n) is 11.4. The summed E-state index contributed by atoms with van der Waals surface area (Å²) >= 11 is 99.7. The van der Waals surface area contributed by atoms with Crippen LogP contribution in [0, 0.1) is 5.38 Å². The molecular weight excluding hydrogens is 949 g/mol. The molecule has 2 heterocycles. The SMILES string of the molecule is ClC1=C(Cl)[C-](Cl)C(Cl)=C(Cl)C1=C(c1c(Cl)c(Cl)c(Cl)c(Cl)c1Cl)c1c(Cl)c(Cl)c(/C=C/C2=CSC(=C3SC=CS3)S2)c(Cl)c1Cl. The van der Waals surface area contributed by atoms with Crippen LogP contribution in [0.2, 0.25) is 45.2 Å². The monoisotopic (exact) mass is 946 g/mol. The maximum Gasteiger partial charge on any atom is 0.0809 e. The van der Waals surface area contributed by atoms with Gasteiger partial charge in [0.2, 0.25) is 0 Å². The molecule has 5 rings (SSSR count). The molecule has 236 valence electrons. The van der Waals surface area contributed by atoms with Crippen LogP contribution in [0.1, 0.15) is 16.7 Å². The fourth-order valence-corrected chi connectivity index (χ4v) is 12.1. The van der Waals surface area contributed by atoms with Crippen molar-refractivity contribution in [2.45, 2.75) is 0 Å². The first-order valence-corrected chi connectivity index (χ1v) is 20.2. The Morgan fingerprint density at radius 2 is 0.978 bits per heavy atom. The Kier molecular flexibility index (Phi) is 13.3. The van der Waals surface area contributed by atoms with Crippen molar-refractivity contribution in [2.24, 2.45) is 0 Å². The summed E-state index contributed by atoms with van der Waals surface area (Å²) in [6.07, 6.45) is 3.56. The largest absolute Gasteiger partial charge is 0.165 e. The molecule has 2 aromatic rings. The van der Waals surface area contributed by atoms with Gasteiger partial charge in [0, 0.05) is 21.6 Å². The van der Waals surface area contributed by atoms with Gasteiger partial charge in [-0.2, -0.15) is 34.8 Å². The smallest absolute Gasteiger partial charge is 0.0809 e. The van der Waals surface area contributed by atoms with Gasteiger partial charge in [-0.1, -0.05) is 163 Å². The minimum Gasteiger partial charge on any atom is -0.165 e. The fourth-order valence-electron chi connectivity index (χ4n) is 3.94. The molecule has 0 amide bonds. The molecular formula is C27H5Cl14S4-. The van der Waals surface area contributed by atoms with Crippen LogP contribution in [0.5, 0.6) is 0 Å². The van der Waals surface area contributed by atoms with Gasteiger partial charge in [-0.25, -0.2) is 0 Å². The van der Waals surface area contributed by atoms with Gasteiger partial charge in [0.25, 0.3) is 0 Å². The van der Waals surface area contributed by atoms with Crippen molar-refractivity contribution in [1.82, 2.24) is 0 Å². The van der Waals surface area contributed by atoms with E-state index < -0.39 is 0 Å². The van der Waals surface area contributed by atoms with E-state index in [1.165, 1.54) is 8.47 Å². The van der Waals surface area contributed by atoms with Crippen LogP contribution >= 0.6 is 209 Å². The van der Waals surface area contributed by atoms with Crippen LogP contribution in [0.25, 0.3) is 11.6 Å². The second-order valence-corrected chi connectivity index (χ2v) is 18.1. The van der Waals surface area contributed by atoms with E-state index in [1.807, 2.05) is 22.3 Å². The topological polar surface area (TPSA) is 0 Å². The molecule has 0 bridgehead atoms. The average molecular weight is 954 g/mol. The lowest BCUT2D eigenvalue weighted by molar-refractivity contribution is 1.39. The van der Waals surface area contributed by atoms with Gasteiger partial charge in [-0.15, -0.1) is 23.2 Å². The van der Waals surface area contributed by atoms with Crippen LogP contribution in [0.4, 0.5) is 0 Å². The van der Waals surface area contributed by atoms with E-state index in [1.54, 1.807) is 53.1 Å². The second kappa shape index (κ2) is 15.7. The van der Waals surface area contributed by atoms with Crippen molar-refractivity contribution in [3.8, 4) is 0 Å². The van der Waals surface area contributed by atoms with Crippen LogP contribution in [-0.2, 0) is 0 Å². The van der Waals surface area contributed by atoms with Crippen LogP contribution in [0.15, 0.2) is 61.4 Å². The molecule has 3 aliphatic rings. The molecule has 0 atom stereocenters. The summed E-state index contributed by atoms with van der Waals surface area (Å²) in [4.78, 5) is 0.958. The van der Waals surface area contributed by atoms with Gasteiger partial charge < -0.3 is 0 Å². The number of benzene rings is 2. The van der Waals surface area contributed by atoms with E-state index in [-0.39, 0.29) is 93.0 Å². The molecule has 45 heavy (non-hydrogen) atoms. The van der Waals surface area contributed by atoms with E-state index in [9.17, 15) is 0 Å². The van der Waals surface area contributed by atoms with Gasteiger partial charge in [0.1, 0.15) is 0 Å². The Morgan fingerprint density at radius 1 is 0.533 bits per heavy atom. The fraction of sp³-hybridized carbons (Fsp3) is 0.